The third-order valence-electron chi connectivity index (χ3n) is 4.01. The number of nitrogens with zero attached hydrogens (tertiary/aromatic N) is 3. The predicted octanol–water partition coefficient (Wildman–Crippen LogP) is 2.50. The molecular formula is C12H24N3P. The van der Waals surface area contributed by atoms with E-state index in [-0.39, 0.29) is 8.37 Å². The van der Waals surface area contributed by atoms with Gasteiger partial charge < -0.3 is 0 Å². The fraction of sp³-hybridized carbons (Fsp3) is 1.00. The summed E-state index contributed by atoms with van der Waals surface area (Å²) in [4.78, 5) is 0. The molecule has 0 atom stereocenters. The second-order valence-electron chi connectivity index (χ2n) is 5.25. The Kier molecular flexibility index (Phi) is 3.78. The van der Waals surface area contributed by atoms with Crippen molar-refractivity contribution in [2.45, 2.75) is 38.5 Å². The van der Waals surface area contributed by atoms with Crippen LogP contribution in [0.5, 0.6) is 0 Å². The van der Waals surface area contributed by atoms with Crippen molar-refractivity contribution < 1.29 is 0 Å². The van der Waals surface area contributed by atoms with Crippen molar-refractivity contribution in [1.82, 2.24) is 14.0 Å². The first-order chi connectivity index (χ1) is 7.95. The molecule has 0 aromatic carbocycles. The Bertz CT molecular complexity index is 180. The zero-order chi connectivity index (χ0) is 10.8. The van der Waals surface area contributed by atoms with Crippen LogP contribution in [0.4, 0.5) is 0 Å². The van der Waals surface area contributed by atoms with E-state index in [4.69, 9.17) is 0 Å². The zero-order valence-corrected chi connectivity index (χ0v) is 11.2. The summed E-state index contributed by atoms with van der Waals surface area (Å²) >= 11 is 0. The van der Waals surface area contributed by atoms with Crippen LogP contribution in [-0.2, 0) is 0 Å². The number of rotatable bonds is 3. The van der Waals surface area contributed by atoms with Gasteiger partial charge in [-0.3, -0.25) is 14.0 Å². The van der Waals surface area contributed by atoms with E-state index in [9.17, 15) is 0 Å². The minimum absolute atomic E-state index is 0.0640. The lowest BCUT2D eigenvalue weighted by molar-refractivity contribution is 0.397. The third-order valence-corrected chi connectivity index (χ3v) is 6.72. The summed E-state index contributed by atoms with van der Waals surface area (Å²) in [7, 11) is -0.0640. The van der Waals surface area contributed by atoms with Crippen LogP contribution < -0.4 is 0 Å². The molecule has 0 aromatic rings. The van der Waals surface area contributed by atoms with Crippen LogP contribution in [0.2, 0.25) is 0 Å². The summed E-state index contributed by atoms with van der Waals surface area (Å²) in [5.74, 6) is 0. The van der Waals surface area contributed by atoms with Crippen molar-refractivity contribution in [2.24, 2.45) is 0 Å². The van der Waals surface area contributed by atoms with Crippen molar-refractivity contribution in [2.75, 3.05) is 39.3 Å². The van der Waals surface area contributed by atoms with Crippen LogP contribution in [0.1, 0.15) is 38.5 Å². The quantitative estimate of drug-likeness (QED) is 0.703. The van der Waals surface area contributed by atoms with Gasteiger partial charge in [0.1, 0.15) is 8.37 Å². The van der Waals surface area contributed by atoms with Crippen LogP contribution in [0, 0.1) is 0 Å². The fourth-order valence-corrected chi connectivity index (χ4v) is 6.17. The van der Waals surface area contributed by atoms with Crippen molar-refractivity contribution in [3.63, 3.8) is 0 Å². The Morgan fingerprint density at radius 3 is 0.938 bits per heavy atom. The predicted molar refractivity (Wildman–Crippen MR) is 69.3 cm³/mol. The molecule has 3 heterocycles. The Balaban J connectivity index is 1.70. The van der Waals surface area contributed by atoms with E-state index in [1.165, 1.54) is 77.8 Å². The molecule has 3 fully saturated rings. The van der Waals surface area contributed by atoms with Crippen LogP contribution >= 0.6 is 8.37 Å². The highest BCUT2D eigenvalue weighted by atomic mass is 31.2. The molecule has 0 aliphatic carbocycles. The highest BCUT2D eigenvalue weighted by molar-refractivity contribution is 7.50. The summed E-state index contributed by atoms with van der Waals surface area (Å²) in [5.41, 5.74) is 0. The fourth-order valence-electron chi connectivity index (χ4n) is 3.17. The van der Waals surface area contributed by atoms with Gasteiger partial charge in [0.15, 0.2) is 0 Å². The maximum atomic E-state index is 2.80. The molecule has 0 amide bonds. The molecule has 0 unspecified atom stereocenters. The van der Waals surface area contributed by atoms with E-state index in [2.05, 4.69) is 14.0 Å². The van der Waals surface area contributed by atoms with Gasteiger partial charge in [0, 0.05) is 39.3 Å². The van der Waals surface area contributed by atoms with Crippen LogP contribution in [0.25, 0.3) is 0 Å². The molecule has 4 heteroatoms. The molecule has 0 saturated carbocycles. The molecule has 3 saturated heterocycles. The normalized spacial score (nSPS) is 29.8. The standard InChI is InChI=1S/C12H24N3P/c1-2-8-13(7-1)16(14-9-3-4-10-14)15-11-5-6-12-15/h1-12H2. The molecule has 0 bridgehead atoms. The van der Waals surface area contributed by atoms with Gasteiger partial charge >= 0.3 is 0 Å². The maximum Gasteiger partial charge on any atom is 0.120 e. The Morgan fingerprint density at radius 2 is 0.688 bits per heavy atom. The Hall–Kier alpha value is 0.310. The summed E-state index contributed by atoms with van der Waals surface area (Å²) in [6, 6.07) is 0. The van der Waals surface area contributed by atoms with Crippen molar-refractivity contribution in [3.05, 3.63) is 0 Å². The lowest BCUT2D eigenvalue weighted by Crippen LogP contribution is -2.34. The molecule has 92 valence electrons. The van der Waals surface area contributed by atoms with Gasteiger partial charge in [0.2, 0.25) is 0 Å². The highest BCUT2D eigenvalue weighted by Crippen LogP contribution is 2.52. The smallest absolute Gasteiger partial charge is 0.120 e. The Morgan fingerprint density at radius 1 is 0.438 bits per heavy atom. The molecule has 16 heavy (non-hydrogen) atoms. The van der Waals surface area contributed by atoms with Crippen LogP contribution in [0.3, 0.4) is 0 Å². The van der Waals surface area contributed by atoms with Crippen LogP contribution in [0.15, 0.2) is 0 Å². The van der Waals surface area contributed by atoms with Gasteiger partial charge in [-0.05, 0) is 38.5 Å². The Labute approximate surface area is 101 Å². The van der Waals surface area contributed by atoms with E-state index < -0.39 is 0 Å². The largest absolute Gasteiger partial charge is 0.257 e. The highest BCUT2D eigenvalue weighted by Gasteiger charge is 2.35. The van der Waals surface area contributed by atoms with Gasteiger partial charge in [-0.15, -0.1) is 0 Å². The third kappa shape index (κ3) is 2.28. The zero-order valence-electron chi connectivity index (χ0n) is 10.3. The summed E-state index contributed by atoms with van der Waals surface area (Å²) in [6.45, 7) is 8.16. The molecule has 0 radical (unpaired) electrons. The molecule has 0 N–H and O–H groups in total. The first-order valence-corrected chi connectivity index (χ1v) is 8.20. The topological polar surface area (TPSA) is 9.72 Å². The lowest BCUT2D eigenvalue weighted by Gasteiger charge is -2.40. The average Bonchev–Trinajstić information content (AvgIpc) is 3.02. The average molecular weight is 241 g/mol. The van der Waals surface area contributed by atoms with E-state index in [1.54, 1.807) is 0 Å². The van der Waals surface area contributed by atoms with E-state index >= 15 is 0 Å². The molecule has 3 rings (SSSR count). The lowest BCUT2D eigenvalue weighted by atomic mass is 10.4. The first-order valence-electron chi connectivity index (χ1n) is 7.00. The summed E-state index contributed by atoms with van der Waals surface area (Å²) in [5, 5.41) is 0. The van der Waals surface area contributed by atoms with Crippen molar-refractivity contribution in [3.8, 4) is 0 Å². The second-order valence-corrected chi connectivity index (χ2v) is 7.48. The second kappa shape index (κ2) is 5.30. The molecule has 0 aromatic heterocycles. The summed E-state index contributed by atoms with van der Waals surface area (Å²) < 4.78 is 8.39. The van der Waals surface area contributed by atoms with Gasteiger partial charge in [0.05, 0.1) is 0 Å². The molecular weight excluding hydrogens is 217 g/mol. The minimum atomic E-state index is -0.0640. The van der Waals surface area contributed by atoms with E-state index in [0.29, 0.717) is 0 Å². The van der Waals surface area contributed by atoms with E-state index in [0.717, 1.165) is 0 Å². The number of hydrogen-bond acceptors (Lipinski definition) is 3. The maximum absolute atomic E-state index is 2.80. The van der Waals surface area contributed by atoms with Gasteiger partial charge in [-0.1, -0.05) is 0 Å². The number of hydrogen-bond donors (Lipinski definition) is 0. The molecule has 3 aliphatic rings. The van der Waals surface area contributed by atoms with Gasteiger partial charge in [-0.2, -0.15) is 0 Å². The van der Waals surface area contributed by atoms with Gasteiger partial charge in [-0.25, -0.2) is 0 Å². The SMILES string of the molecule is C1CCN(P(N2CCCC2)N2CCCC2)C1. The van der Waals surface area contributed by atoms with Crippen LogP contribution in [-0.4, -0.2) is 53.3 Å². The first kappa shape index (κ1) is 11.4. The molecule has 3 aliphatic heterocycles. The van der Waals surface area contributed by atoms with E-state index in [1.807, 2.05) is 0 Å². The molecule has 3 nitrogen and oxygen atoms in total. The van der Waals surface area contributed by atoms with Crippen molar-refractivity contribution in [1.29, 1.82) is 0 Å². The minimum Gasteiger partial charge on any atom is -0.257 e. The van der Waals surface area contributed by atoms with Gasteiger partial charge in [0.25, 0.3) is 0 Å². The van der Waals surface area contributed by atoms with Crippen molar-refractivity contribution >= 4 is 8.37 Å². The molecule has 0 spiro atoms. The monoisotopic (exact) mass is 241 g/mol. The summed E-state index contributed by atoms with van der Waals surface area (Å²) in [6.07, 6.45) is 8.59.